The van der Waals surface area contributed by atoms with E-state index in [-0.39, 0.29) is 17.4 Å². The molecule has 74 valence electrons. The SMILES string of the molecule is COc1c(O)cc(C(C)C)cc1C#N. The molecule has 14 heavy (non-hydrogen) atoms. The lowest BCUT2D eigenvalue weighted by Crippen LogP contribution is -1.93. The Morgan fingerprint density at radius 1 is 1.43 bits per heavy atom. The number of phenols is 1. The quantitative estimate of drug-likeness (QED) is 0.780. The van der Waals surface area contributed by atoms with Crippen LogP contribution in [0.2, 0.25) is 0 Å². The lowest BCUT2D eigenvalue weighted by molar-refractivity contribution is 0.372. The van der Waals surface area contributed by atoms with Crippen LogP contribution in [-0.2, 0) is 0 Å². The summed E-state index contributed by atoms with van der Waals surface area (Å²) in [5.41, 5.74) is 1.30. The van der Waals surface area contributed by atoms with Gasteiger partial charge in [-0.3, -0.25) is 0 Å². The first-order valence-corrected chi connectivity index (χ1v) is 4.41. The molecule has 0 unspecified atom stereocenters. The first-order valence-electron chi connectivity index (χ1n) is 4.41. The Labute approximate surface area is 83.6 Å². The van der Waals surface area contributed by atoms with Gasteiger partial charge < -0.3 is 9.84 Å². The monoisotopic (exact) mass is 191 g/mol. The molecule has 0 amide bonds. The number of hydrogen-bond donors (Lipinski definition) is 1. The molecule has 0 saturated carbocycles. The topological polar surface area (TPSA) is 53.2 Å². The third kappa shape index (κ3) is 1.80. The Morgan fingerprint density at radius 3 is 2.50 bits per heavy atom. The number of methoxy groups -OCH3 is 1. The molecule has 0 aliphatic heterocycles. The van der Waals surface area contributed by atoms with Crippen molar-refractivity contribution >= 4 is 0 Å². The average molecular weight is 191 g/mol. The predicted octanol–water partition coefficient (Wildman–Crippen LogP) is 2.40. The maximum Gasteiger partial charge on any atom is 0.178 e. The molecule has 0 aliphatic carbocycles. The van der Waals surface area contributed by atoms with Crippen LogP contribution in [0, 0.1) is 11.3 Å². The zero-order valence-corrected chi connectivity index (χ0v) is 8.53. The van der Waals surface area contributed by atoms with Gasteiger partial charge in [0.05, 0.1) is 12.7 Å². The highest BCUT2D eigenvalue weighted by atomic mass is 16.5. The minimum atomic E-state index is 0.0234. The summed E-state index contributed by atoms with van der Waals surface area (Å²) in [4.78, 5) is 0. The second-order valence-corrected chi connectivity index (χ2v) is 3.39. The van der Waals surface area contributed by atoms with Crippen molar-refractivity contribution in [1.82, 2.24) is 0 Å². The zero-order chi connectivity index (χ0) is 10.7. The third-order valence-corrected chi connectivity index (χ3v) is 2.08. The van der Waals surface area contributed by atoms with Crippen LogP contribution in [0.3, 0.4) is 0 Å². The highest BCUT2D eigenvalue weighted by molar-refractivity contribution is 5.54. The van der Waals surface area contributed by atoms with Crippen molar-refractivity contribution in [3.05, 3.63) is 23.3 Å². The Kier molecular flexibility index (Phi) is 2.98. The largest absolute Gasteiger partial charge is 0.504 e. The molecule has 1 rings (SSSR count). The van der Waals surface area contributed by atoms with E-state index in [4.69, 9.17) is 10.00 Å². The summed E-state index contributed by atoms with van der Waals surface area (Å²) in [5.74, 6) is 0.547. The van der Waals surface area contributed by atoms with Crippen LogP contribution < -0.4 is 4.74 Å². The molecule has 0 saturated heterocycles. The van der Waals surface area contributed by atoms with Gasteiger partial charge in [-0.1, -0.05) is 13.8 Å². The number of nitriles is 1. The van der Waals surface area contributed by atoms with E-state index in [0.717, 1.165) is 5.56 Å². The summed E-state index contributed by atoms with van der Waals surface area (Å²) < 4.78 is 4.93. The number of aromatic hydroxyl groups is 1. The van der Waals surface area contributed by atoms with Crippen LogP contribution in [0.25, 0.3) is 0 Å². The normalized spacial score (nSPS) is 9.93. The molecule has 1 aromatic rings. The van der Waals surface area contributed by atoms with Crippen molar-refractivity contribution in [3.63, 3.8) is 0 Å². The van der Waals surface area contributed by atoms with Crippen molar-refractivity contribution in [2.24, 2.45) is 0 Å². The van der Waals surface area contributed by atoms with Crippen molar-refractivity contribution in [3.8, 4) is 17.6 Å². The van der Waals surface area contributed by atoms with Gasteiger partial charge in [-0.2, -0.15) is 5.26 Å². The Hall–Kier alpha value is -1.69. The molecule has 0 aromatic heterocycles. The fourth-order valence-electron chi connectivity index (χ4n) is 1.27. The highest BCUT2D eigenvalue weighted by Crippen LogP contribution is 2.33. The number of benzene rings is 1. The molecule has 0 bridgehead atoms. The van der Waals surface area contributed by atoms with E-state index in [0.29, 0.717) is 5.56 Å². The molecule has 3 nitrogen and oxygen atoms in total. The first kappa shape index (κ1) is 10.4. The van der Waals surface area contributed by atoms with Crippen LogP contribution in [-0.4, -0.2) is 12.2 Å². The molecule has 0 heterocycles. The van der Waals surface area contributed by atoms with E-state index in [1.807, 2.05) is 19.9 Å². The van der Waals surface area contributed by atoms with E-state index in [2.05, 4.69) is 0 Å². The van der Waals surface area contributed by atoms with Gasteiger partial charge in [-0.25, -0.2) is 0 Å². The van der Waals surface area contributed by atoms with Gasteiger partial charge in [0.1, 0.15) is 6.07 Å². The van der Waals surface area contributed by atoms with Crippen molar-refractivity contribution in [1.29, 1.82) is 5.26 Å². The second kappa shape index (κ2) is 4.01. The summed E-state index contributed by atoms with van der Waals surface area (Å²) >= 11 is 0. The molecular weight excluding hydrogens is 178 g/mol. The summed E-state index contributed by atoms with van der Waals surface area (Å²) in [6.45, 7) is 4.00. The molecule has 0 aliphatic rings. The number of ether oxygens (including phenoxy) is 1. The molecule has 3 heteroatoms. The van der Waals surface area contributed by atoms with Gasteiger partial charge >= 0.3 is 0 Å². The van der Waals surface area contributed by atoms with Gasteiger partial charge in [0.25, 0.3) is 0 Å². The maximum absolute atomic E-state index is 9.58. The minimum absolute atomic E-state index is 0.0234. The van der Waals surface area contributed by atoms with Gasteiger partial charge in [0.2, 0.25) is 0 Å². The van der Waals surface area contributed by atoms with Crippen molar-refractivity contribution in [2.75, 3.05) is 7.11 Å². The van der Waals surface area contributed by atoms with E-state index >= 15 is 0 Å². The highest BCUT2D eigenvalue weighted by Gasteiger charge is 2.11. The van der Waals surface area contributed by atoms with E-state index < -0.39 is 0 Å². The Bertz CT molecular complexity index is 378. The van der Waals surface area contributed by atoms with Crippen molar-refractivity contribution in [2.45, 2.75) is 19.8 Å². The summed E-state index contributed by atoms with van der Waals surface area (Å²) in [6.07, 6.45) is 0. The standard InChI is InChI=1S/C11H13NO2/c1-7(2)8-4-9(6-12)11(14-3)10(13)5-8/h4-5,7,13H,1-3H3. The van der Waals surface area contributed by atoms with Gasteiger partial charge in [-0.15, -0.1) is 0 Å². The lowest BCUT2D eigenvalue weighted by Gasteiger charge is -2.10. The van der Waals surface area contributed by atoms with Crippen LogP contribution in [0.4, 0.5) is 0 Å². The Balaban J connectivity index is 3.33. The van der Waals surface area contributed by atoms with E-state index in [9.17, 15) is 5.11 Å². The van der Waals surface area contributed by atoms with Crippen LogP contribution in [0.1, 0.15) is 30.9 Å². The average Bonchev–Trinajstić information content (AvgIpc) is 2.16. The van der Waals surface area contributed by atoms with Gasteiger partial charge in [0, 0.05) is 0 Å². The predicted molar refractivity (Wildman–Crippen MR) is 53.5 cm³/mol. The summed E-state index contributed by atoms with van der Waals surface area (Å²) in [5, 5.41) is 18.4. The summed E-state index contributed by atoms with van der Waals surface area (Å²) in [7, 11) is 1.44. The molecule has 0 spiro atoms. The van der Waals surface area contributed by atoms with E-state index in [1.165, 1.54) is 7.11 Å². The van der Waals surface area contributed by atoms with Gasteiger partial charge in [0.15, 0.2) is 11.5 Å². The lowest BCUT2D eigenvalue weighted by atomic mass is 10.00. The number of phenolic OH excluding ortho intramolecular Hbond substituents is 1. The number of rotatable bonds is 2. The molecule has 0 atom stereocenters. The van der Waals surface area contributed by atoms with Crippen LogP contribution in [0.5, 0.6) is 11.5 Å². The molecule has 0 radical (unpaired) electrons. The molecular formula is C11H13NO2. The van der Waals surface area contributed by atoms with Crippen LogP contribution in [0.15, 0.2) is 12.1 Å². The Morgan fingerprint density at radius 2 is 2.07 bits per heavy atom. The van der Waals surface area contributed by atoms with Crippen molar-refractivity contribution < 1.29 is 9.84 Å². The minimum Gasteiger partial charge on any atom is -0.504 e. The number of nitrogens with zero attached hydrogens (tertiary/aromatic N) is 1. The first-order chi connectivity index (χ1) is 6.60. The number of hydrogen-bond acceptors (Lipinski definition) is 3. The smallest absolute Gasteiger partial charge is 0.178 e. The molecule has 0 fully saturated rings. The second-order valence-electron chi connectivity index (χ2n) is 3.39. The fraction of sp³-hybridized carbons (Fsp3) is 0.364. The van der Waals surface area contributed by atoms with Gasteiger partial charge in [-0.05, 0) is 23.6 Å². The maximum atomic E-state index is 9.58. The molecule has 1 N–H and O–H groups in total. The van der Waals surface area contributed by atoms with Crippen LogP contribution >= 0.6 is 0 Å². The fourth-order valence-corrected chi connectivity index (χ4v) is 1.27. The summed E-state index contributed by atoms with van der Waals surface area (Å²) in [6, 6.07) is 5.37. The van der Waals surface area contributed by atoms with E-state index in [1.54, 1.807) is 12.1 Å². The molecule has 1 aromatic carbocycles. The zero-order valence-electron chi connectivity index (χ0n) is 8.53. The third-order valence-electron chi connectivity index (χ3n) is 2.08.